The number of carbonyl (C=O) groups excluding carboxylic acids is 1. The number of hydrogen-bond donors (Lipinski definition) is 0. The summed E-state index contributed by atoms with van der Waals surface area (Å²) in [5.74, 6) is 0.238. The van der Waals surface area contributed by atoms with E-state index in [1.165, 1.54) is 10.9 Å². The number of amides is 1. The van der Waals surface area contributed by atoms with Gasteiger partial charge < -0.3 is 0 Å². The van der Waals surface area contributed by atoms with E-state index in [0.717, 1.165) is 17.0 Å². The third-order valence-electron chi connectivity index (χ3n) is 3.85. The van der Waals surface area contributed by atoms with E-state index < -0.39 is 0 Å². The lowest BCUT2D eigenvalue weighted by atomic mass is 10.0. The highest BCUT2D eigenvalue weighted by atomic mass is 16.2. The van der Waals surface area contributed by atoms with Gasteiger partial charge in [0.15, 0.2) is 5.70 Å². The zero-order valence-corrected chi connectivity index (χ0v) is 13.0. The molecule has 1 atom stereocenters. The average molecular weight is 295 g/mol. The molecule has 2 heterocycles. The van der Waals surface area contributed by atoms with Gasteiger partial charge in [-0.2, -0.15) is 4.48 Å². The van der Waals surface area contributed by atoms with E-state index in [0.29, 0.717) is 0 Å². The second-order valence-electron chi connectivity index (χ2n) is 5.83. The normalized spacial score (nSPS) is 20.9. The van der Waals surface area contributed by atoms with E-state index in [1.54, 1.807) is 18.7 Å². The van der Waals surface area contributed by atoms with E-state index in [1.807, 2.05) is 37.4 Å². The molecule has 3 rings (SSSR count). The molecular formula is C17H19N4O+. The van der Waals surface area contributed by atoms with Gasteiger partial charge in [-0.15, -0.1) is 0 Å². The van der Waals surface area contributed by atoms with Crippen molar-refractivity contribution in [2.24, 2.45) is 10.9 Å². The minimum atomic E-state index is -0.101. The summed E-state index contributed by atoms with van der Waals surface area (Å²) in [5.41, 5.74) is 2.89. The number of aliphatic imine (C=N–C) groups is 1. The summed E-state index contributed by atoms with van der Waals surface area (Å²) >= 11 is 0. The molecule has 0 saturated heterocycles. The van der Waals surface area contributed by atoms with Crippen LogP contribution < -0.4 is 0 Å². The quantitative estimate of drug-likeness (QED) is 0.798. The number of carbonyl (C=O) groups is 1. The van der Waals surface area contributed by atoms with Crippen molar-refractivity contribution in [2.45, 2.75) is 13.8 Å². The van der Waals surface area contributed by atoms with E-state index >= 15 is 0 Å². The molecule has 0 saturated carbocycles. The molecule has 0 aliphatic carbocycles. The van der Waals surface area contributed by atoms with Crippen LogP contribution in [-0.4, -0.2) is 33.5 Å². The van der Waals surface area contributed by atoms with Gasteiger partial charge in [0.1, 0.15) is 12.0 Å². The Hall–Kier alpha value is -2.53. The molecule has 0 spiro atoms. The number of aromatic nitrogens is 2. The summed E-state index contributed by atoms with van der Waals surface area (Å²) in [6.07, 6.45) is 6.50. The molecule has 0 fully saturated rings. The van der Waals surface area contributed by atoms with Gasteiger partial charge in [0.2, 0.25) is 6.34 Å². The summed E-state index contributed by atoms with van der Waals surface area (Å²) in [4.78, 5) is 21.5. The number of quaternary nitrogens is 1. The fourth-order valence-electron chi connectivity index (χ4n) is 2.73. The predicted octanol–water partition coefficient (Wildman–Crippen LogP) is 3.36. The summed E-state index contributed by atoms with van der Waals surface area (Å²) in [7, 11) is 1.86. The minimum absolute atomic E-state index is 0.00782. The molecule has 1 aliphatic rings. The SMILES string of the molecule is CC(C)C1=C(c2ccccc2)[N+](C)(C(=O)n2ccnc2)C=N1. The number of hydrogen-bond acceptors (Lipinski definition) is 3. The highest BCUT2D eigenvalue weighted by molar-refractivity contribution is 5.89. The van der Waals surface area contributed by atoms with Crippen LogP contribution in [0.1, 0.15) is 19.4 Å². The number of imidazole rings is 1. The molecule has 1 aromatic heterocycles. The molecule has 1 aliphatic heterocycles. The first kappa shape index (κ1) is 14.4. The Bertz CT molecular complexity index is 744. The number of nitrogens with zero attached hydrogens (tertiary/aromatic N) is 4. The lowest BCUT2D eigenvalue weighted by Gasteiger charge is -2.25. The van der Waals surface area contributed by atoms with Gasteiger partial charge in [0.25, 0.3) is 0 Å². The molecule has 0 N–H and O–H groups in total. The van der Waals surface area contributed by atoms with Gasteiger partial charge in [-0.25, -0.2) is 19.3 Å². The zero-order chi connectivity index (χ0) is 15.7. The minimum Gasteiger partial charge on any atom is -0.245 e. The van der Waals surface area contributed by atoms with Crippen LogP contribution in [0, 0.1) is 5.92 Å². The lowest BCUT2D eigenvalue weighted by molar-refractivity contribution is -0.642. The van der Waals surface area contributed by atoms with Crippen LogP contribution in [-0.2, 0) is 0 Å². The van der Waals surface area contributed by atoms with Crippen molar-refractivity contribution >= 4 is 18.1 Å². The summed E-state index contributed by atoms with van der Waals surface area (Å²) in [6, 6.07) is 9.86. The average Bonchev–Trinajstić information content (AvgIpc) is 3.15. The highest BCUT2D eigenvalue weighted by Gasteiger charge is 2.44. The Morgan fingerprint density at radius 2 is 1.95 bits per heavy atom. The Kier molecular flexibility index (Phi) is 3.50. The monoisotopic (exact) mass is 295 g/mol. The topological polar surface area (TPSA) is 47.2 Å². The molecule has 0 radical (unpaired) electrons. The van der Waals surface area contributed by atoms with Gasteiger partial charge in [-0.1, -0.05) is 32.0 Å². The maximum Gasteiger partial charge on any atom is 0.439 e. The van der Waals surface area contributed by atoms with Gasteiger partial charge >= 0.3 is 6.03 Å². The molecule has 5 heteroatoms. The Labute approximate surface area is 129 Å². The van der Waals surface area contributed by atoms with Crippen molar-refractivity contribution < 1.29 is 9.28 Å². The molecule has 1 amide bonds. The van der Waals surface area contributed by atoms with Crippen LogP contribution in [0.15, 0.2) is 59.7 Å². The molecule has 0 bridgehead atoms. The van der Waals surface area contributed by atoms with Crippen LogP contribution in [0.25, 0.3) is 5.70 Å². The van der Waals surface area contributed by atoms with Crippen LogP contribution in [0.2, 0.25) is 0 Å². The van der Waals surface area contributed by atoms with E-state index in [4.69, 9.17) is 0 Å². The molecule has 2 aromatic rings. The van der Waals surface area contributed by atoms with Crippen molar-refractivity contribution in [3.05, 3.63) is 60.3 Å². The lowest BCUT2D eigenvalue weighted by Crippen LogP contribution is -2.47. The van der Waals surface area contributed by atoms with Gasteiger partial charge in [0, 0.05) is 23.9 Å². The van der Waals surface area contributed by atoms with Crippen LogP contribution in [0.3, 0.4) is 0 Å². The standard InChI is InChI=1S/C17H19N4O/c1-13(2)15-16(14-7-5-4-6-8-14)21(3,12-19-15)17(22)20-10-9-18-11-20/h4-13H,1-3H3/q+1. The van der Waals surface area contributed by atoms with Crippen LogP contribution >= 0.6 is 0 Å². The first-order chi connectivity index (χ1) is 10.5. The smallest absolute Gasteiger partial charge is 0.245 e. The molecule has 1 unspecified atom stereocenters. The van der Waals surface area contributed by atoms with Gasteiger partial charge in [-0.05, 0) is 12.1 Å². The second-order valence-corrected chi connectivity index (χ2v) is 5.83. The van der Waals surface area contributed by atoms with Crippen LogP contribution in [0.5, 0.6) is 0 Å². The number of rotatable bonds is 2. The Morgan fingerprint density at radius 3 is 2.55 bits per heavy atom. The maximum atomic E-state index is 13.0. The fraction of sp³-hybridized carbons (Fsp3) is 0.235. The molecule has 112 valence electrons. The Morgan fingerprint density at radius 1 is 1.23 bits per heavy atom. The predicted molar refractivity (Wildman–Crippen MR) is 85.9 cm³/mol. The fourth-order valence-corrected chi connectivity index (χ4v) is 2.73. The van der Waals surface area contributed by atoms with Crippen molar-refractivity contribution in [3.63, 3.8) is 0 Å². The first-order valence-corrected chi connectivity index (χ1v) is 7.28. The van der Waals surface area contributed by atoms with Crippen molar-refractivity contribution in [2.75, 3.05) is 7.05 Å². The third kappa shape index (κ3) is 2.19. The third-order valence-corrected chi connectivity index (χ3v) is 3.85. The van der Waals surface area contributed by atoms with Crippen molar-refractivity contribution in [3.8, 4) is 0 Å². The van der Waals surface area contributed by atoms with Crippen molar-refractivity contribution in [1.82, 2.24) is 9.55 Å². The second kappa shape index (κ2) is 5.35. The number of benzene rings is 1. The largest absolute Gasteiger partial charge is 0.439 e. The molecule has 22 heavy (non-hydrogen) atoms. The summed E-state index contributed by atoms with van der Waals surface area (Å²) in [6.45, 7) is 4.18. The number of allylic oxidation sites excluding steroid dienone is 1. The molecular weight excluding hydrogens is 276 g/mol. The summed E-state index contributed by atoms with van der Waals surface area (Å²) < 4.78 is 1.51. The summed E-state index contributed by atoms with van der Waals surface area (Å²) in [5, 5.41) is 0. The van der Waals surface area contributed by atoms with Gasteiger partial charge in [0.05, 0.1) is 7.05 Å². The first-order valence-electron chi connectivity index (χ1n) is 7.28. The van der Waals surface area contributed by atoms with E-state index in [2.05, 4.69) is 23.8 Å². The maximum absolute atomic E-state index is 13.0. The van der Waals surface area contributed by atoms with E-state index in [9.17, 15) is 4.79 Å². The van der Waals surface area contributed by atoms with Gasteiger partial charge in [-0.3, -0.25) is 0 Å². The highest BCUT2D eigenvalue weighted by Crippen LogP contribution is 2.36. The Balaban J connectivity index is 2.15. The zero-order valence-electron chi connectivity index (χ0n) is 13.0. The van der Waals surface area contributed by atoms with Crippen molar-refractivity contribution in [1.29, 1.82) is 0 Å². The van der Waals surface area contributed by atoms with E-state index in [-0.39, 0.29) is 16.4 Å². The van der Waals surface area contributed by atoms with Crippen LogP contribution in [0.4, 0.5) is 4.79 Å². The molecule has 1 aromatic carbocycles. The molecule has 5 nitrogen and oxygen atoms in total.